The van der Waals surface area contributed by atoms with Gasteiger partial charge in [-0.15, -0.1) is 11.3 Å². The molecule has 0 atom stereocenters. The zero-order chi connectivity index (χ0) is 19.5. The molecule has 1 N–H and O–H groups in total. The first kappa shape index (κ1) is 18.2. The SMILES string of the molecule is COc1ccccc1-c1nc(C)c(C(=O)N/N=C\c2ccc3c(c2)CCO3)s1. The summed E-state index contributed by atoms with van der Waals surface area (Å²) in [6.07, 6.45) is 2.53. The molecule has 3 aromatic rings. The second-order valence-corrected chi connectivity index (χ2v) is 7.30. The van der Waals surface area contributed by atoms with Crippen LogP contribution in [0.2, 0.25) is 0 Å². The number of fused-ring (bicyclic) bond motifs is 1. The Balaban J connectivity index is 1.49. The number of amides is 1. The molecule has 7 heteroatoms. The zero-order valence-electron chi connectivity index (χ0n) is 15.6. The van der Waals surface area contributed by atoms with Crippen molar-refractivity contribution in [2.45, 2.75) is 13.3 Å². The molecular weight excluding hydrogens is 374 g/mol. The van der Waals surface area contributed by atoms with Crippen LogP contribution in [0, 0.1) is 6.92 Å². The molecule has 0 radical (unpaired) electrons. The molecule has 2 aromatic carbocycles. The van der Waals surface area contributed by atoms with Crippen molar-refractivity contribution >= 4 is 23.5 Å². The van der Waals surface area contributed by atoms with Crippen molar-refractivity contribution in [2.24, 2.45) is 5.10 Å². The van der Waals surface area contributed by atoms with Crippen LogP contribution in [0.25, 0.3) is 10.6 Å². The Kier molecular flexibility index (Phi) is 5.08. The number of nitrogens with zero attached hydrogens (tertiary/aromatic N) is 2. The maximum atomic E-state index is 12.5. The number of hydrogen-bond acceptors (Lipinski definition) is 6. The van der Waals surface area contributed by atoms with Gasteiger partial charge in [0.15, 0.2) is 0 Å². The fourth-order valence-electron chi connectivity index (χ4n) is 3.05. The summed E-state index contributed by atoms with van der Waals surface area (Å²) >= 11 is 1.32. The molecule has 1 amide bonds. The van der Waals surface area contributed by atoms with Crippen LogP contribution in [-0.4, -0.2) is 30.8 Å². The second-order valence-electron chi connectivity index (χ2n) is 6.30. The number of ether oxygens (including phenoxy) is 2. The number of rotatable bonds is 5. The Labute approximate surface area is 166 Å². The van der Waals surface area contributed by atoms with Gasteiger partial charge in [-0.25, -0.2) is 10.4 Å². The van der Waals surface area contributed by atoms with Crippen molar-refractivity contribution in [1.29, 1.82) is 0 Å². The molecule has 0 saturated heterocycles. The highest BCUT2D eigenvalue weighted by Crippen LogP contribution is 2.34. The van der Waals surface area contributed by atoms with Crippen LogP contribution >= 0.6 is 11.3 Å². The van der Waals surface area contributed by atoms with Gasteiger partial charge < -0.3 is 9.47 Å². The van der Waals surface area contributed by atoms with Gasteiger partial charge in [0.25, 0.3) is 5.91 Å². The Morgan fingerprint density at radius 1 is 1.32 bits per heavy atom. The number of hydrogen-bond donors (Lipinski definition) is 1. The van der Waals surface area contributed by atoms with Crippen LogP contribution in [0.4, 0.5) is 0 Å². The van der Waals surface area contributed by atoms with Crippen molar-refractivity contribution in [3.05, 3.63) is 64.2 Å². The number of nitrogens with one attached hydrogen (secondary N) is 1. The minimum Gasteiger partial charge on any atom is -0.496 e. The van der Waals surface area contributed by atoms with Crippen molar-refractivity contribution < 1.29 is 14.3 Å². The molecule has 0 bridgehead atoms. The predicted octanol–water partition coefficient (Wildman–Crippen LogP) is 3.83. The normalized spacial score (nSPS) is 12.6. The van der Waals surface area contributed by atoms with Gasteiger partial charge in [-0.05, 0) is 48.4 Å². The summed E-state index contributed by atoms with van der Waals surface area (Å²) in [5, 5.41) is 4.83. The molecule has 1 aliphatic rings. The molecule has 0 spiro atoms. The minimum atomic E-state index is -0.281. The number of benzene rings is 2. The summed E-state index contributed by atoms with van der Waals surface area (Å²) in [4.78, 5) is 17.6. The summed E-state index contributed by atoms with van der Waals surface area (Å²) in [6, 6.07) is 13.5. The van der Waals surface area contributed by atoms with Gasteiger partial charge in [0.1, 0.15) is 21.4 Å². The lowest BCUT2D eigenvalue weighted by atomic mass is 10.1. The summed E-state index contributed by atoms with van der Waals surface area (Å²) in [7, 11) is 1.62. The molecule has 0 fully saturated rings. The molecule has 6 nitrogen and oxygen atoms in total. The molecule has 4 rings (SSSR count). The quantitative estimate of drug-likeness (QED) is 0.528. The van der Waals surface area contributed by atoms with Crippen LogP contribution in [-0.2, 0) is 6.42 Å². The van der Waals surface area contributed by atoms with E-state index in [0.29, 0.717) is 17.2 Å². The van der Waals surface area contributed by atoms with Crippen LogP contribution in [0.15, 0.2) is 47.6 Å². The third kappa shape index (κ3) is 3.61. The molecule has 0 saturated carbocycles. The van der Waals surface area contributed by atoms with Gasteiger partial charge in [-0.1, -0.05) is 12.1 Å². The Hall–Kier alpha value is -3.19. The molecule has 1 aliphatic heterocycles. The largest absolute Gasteiger partial charge is 0.496 e. The summed E-state index contributed by atoms with van der Waals surface area (Å²) in [6.45, 7) is 2.53. The molecule has 2 heterocycles. The average molecular weight is 393 g/mol. The first-order chi connectivity index (χ1) is 13.7. The molecule has 0 aliphatic carbocycles. The molecule has 28 heavy (non-hydrogen) atoms. The summed E-state index contributed by atoms with van der Waals surface area (Å²) in [5.74, 6) is 1.36. The fraction of sp³-hybridized carbons (Fsp3) is 0.190. The monoisotopic (exact) mass is 393 g/mol. The lowest BCUT2D eigenvalue weighted by molar-refractivity contribution is 0.0958. The number of aryl methyl sites for hydroxylation is 1. The molecule has 1 aromatic heterocycles. The summed E-state index contributed by atoms with van der Waals surface area (Å²) in [5.41, 5.74) is 6.19. The van der Waals surface area contributed by atoms with E-state index in [-0.39, 0.29) is 5.91 Å². The van der Waals surface area contributed by atoms with E-state index in [4.69, 9.17) is 9.47 Å². The first-order valence-electron chi connectivity index (χ1n) is 8.85. The van der Waals surface area contributed by atoms with Gasteiger partial charge in [-0.2, -0.15) is 5.10 Å². The van der Waals surface area contributed by atoms with Gasteiger partial charge >= 0.3 is 0 Å². The molecule has 142 valence electrons. The zero-order valence-corrected chi connectivity index (χ0v) is 16.4. The fourth-order valence-corrected chi connectivity index (χ4v) is 4.03. The third-order valence-corrected chi connectivity index (χ3v) is 5.62. The van der Waals surface area contributed by atoms with Crippen molar-refractivity contribution in [2.75, 3.05) is 13.7 Å². The number of carbonyl (C=O) groups is 1. The highest BCUT2D eigenvalue weighted by atomic mass is 32.1. The van der Waals surface area contributed by atoms with E-state index in [1.807, 2.05) is 49.4 Å². The van der Waals surface area contributed by atoms with E-state index in [0.717, 1.165) is 39.6 Å². The number of carbonyl (C=O) groups excluding carboxylic acids is 1. The van der Waals surface area contributed by atoms with Gasteiger partial charge in [0.05, 0.1) is 31.2 Å². The highest BCUT2D eigenvalue weighted by molar-refractivity contribution is 7.17. The Morgan fingerprint density at radius 3 is 3.04 bits per heavy atom. The van der Waals surface area contributed by atoms with Crippen LogP contribution in [0.1, 0.15) is 26.5 Å². The predicted molar refractivity (Wildman–Crippen MR) is 110 cm³/mol. The van der Waals surface area contributed by atoms with Crippen molar-refractivity contribution in [3.63, 3.8) is 0 Å². The first-order valence-corrected chi connectivity index (χ1v) is 9.67. The van der Waals surface area contributed by atoms with Gasteiger partial charge in [0, 0.05) is 6.42 Å². The van der Waals surface area contributed by atoms with Crippen LogP contribution in [0.5, 0.6) is 11.5 Å². The highest BCUT2D eigenvalue weighted by Gasteiger charge is 2.18. The van der Waals surface area contributed by atoms with Crippen LogP contribution < -0.4 is 14.9 Å². The maximum Gasteiger partial charge on any atom is 0.283 e. The summed E-state index contributed by atoms with van der Waals surface area (Å²) < 4.78 is 10.9. The van der Waals surface area contributed by atoms with E-state index in [9.17, 15) is 4.79 Å². The number of thiazole rings is 1. The van der Waals surface area contributed by atoms with E-state index < -0.39 is 0 Å². The number of hydrazone groups is 1. The third-order valence-electron chi connectivity index (χ3n) is 4.43. The number of aromatic nitrogens is 1. The van der Waals surface area contributed by atoms with Gasteiger partial charge in [0.2, 0.25) is 0 Å². The molecule has 0 unspecified atom stereocenters. The van der Waals surface area contributed by atoms with E-state index in [2.05, 4.69) is 15.5 Å². The topological polar surface area (TPSA) is 72.8 Å². The number of methoxy groups -OCH3 is 1. The van der Waals surface area contributed by atoms with E-state index in [1.54, 1.807) is 13.3 Å². The average Bonchev–Trinajstić information content (AvgIpc) is 3.33. The second kappa shape index (κ2) is 7.82. The van der Waals surface area contributed by atoms with E-state index in [1.165, 1.54) is 11.3 Å². The minimum absolute atomic E-state index is 0.281. The van der Waals surface area contributed by atoms with Crippen molar-refractivity contribution in [1.82, 2.24) is 10.4 Å². The lowest BCUT2D eigenvalue weighted by Gasteiger charge is -2.04. The van der Waals surface area contributed by atoms with Crippen molar-refractivity contribution in [3.8, 4) is 22.1 Å². The van der Waals surface area contributed by atoms with E-state index >= 15 is 0 Å². The van der Waals surface area contributed by atoms with Gasteiger partial charge in [-0.3, -0.25) is 4.79 Å². The van der Waals surface area contributed by atoms with Crippen LogP contribution in [0.3, 0.4) is 0 Å². The maximum absolute atomic E-state index is 12.5. The Morgan fingerprint density at radius 2 is 2.18 bits per heavy atom. The number of para-hydroxylation sites is 1. The smallest absolute Gasteiger partial charge is 0.283 e. The standard InChI is InChI=1S/C21H19N3O3S/c1-13-19(28-21(23-13)16-5-3-4-6-18(16)26-2)20(25)24-22-12-14-7-8-17-15(11-14)9-10-27-17/h3-8,11-12H,9-10H2,1-2H3,(H,24,25)/b22-12-. The Bertz CT molecular complexity index is 1060. The lowest BCUT2D eigenvalue weighted by Crippen LogP contribution is -2.17. The molecular formula is C21H19N3O3S.